The van der Waals surface area contributed by atoms with Crippen LogP contribution in [0.25, 0.3) is 17.0 Å². The summed E-state index contributed by atoms with van der Waals surface area (Å²) in [7, 11) is 0. The first-order chi connectivity index (χ1) is 9.88. The number of benzene rings is 1. The molecule has 0 aliphatic carbocycles. The predicted molar refractivity (Wildman–Crippen MR) is 83.7 cm³/mol. The van der Waals surface area contributed by atoms with E-state index in [1.165, 1.54) is 6.08 Å². The van der Waals surface area contributed by atoms with Gasteiger partial charge in [0.2, 0.25) is 5.91 Å². The van der Waals surface area contributed by atoms with Crippen LogP contribution in [-0.2, 0) is 4.79 Å². The van der Waals surface area contributed by atoms with Gasteiger partial charge in [-0.2, -0.15) is 0 Å². The molecule has 1 unspecified atom stereocenters. The highest BCUT2D eigenvalue weighted by atomic mass is 16.3. The molecule has 2 N–H and O–H groups in total. The quantitative estimate of drug-likeness (QED) is 0.831. The lowest BCUT2D eigenvalue weighted by molar-refractivity contribution is -0.118. The second-order valence-electron chi connectivity index (χ2n) is 5.75. The lowest BCUT2D eigenvalue weighted by atomic mass is 9.92. The van der Waals surface area contributed by atoms with Gasteiger partial charge in [0.15, 0.2) is 0 Å². The molecule has 0 aliphatic heterocycles. The Balaban J connectivity index is 1.96. The van der Waals surface area contributed by atoms with Gasteiger partial charge in [-0.3, -0.25) is 4.79 Å². The highest BCUT2D eigenvalue weighted by Crippen LogP contribution is 2.19. The second kappa shape index (κ2) is 6.14. The van der Waals surface area contributed by atoms with Crippen molar-refractivity contribution in [3.05, 3.63) is 42.2 Å². The summed E-state index contributed by atoms with van der Waals surface area (Å²) < 4.78 is 5.59. The molecule has 112 valence electrons. The summed E-state index contributed by atoms with van der Waals surface area (Å²) in [4.78, 5) is 11.8. The Morgan fingerprint density at radius 1 is 1.43 bits per heavy atom. The van der Waals surface area contributed by atoms with Gasteiger partial charge >= 0.3 is 0 Å². The fraction of sp³-hybridized carbons (Fsp3) is 0.353. The molecule has 2 aromatic rings. The van der Waals surface area contributed by atoms with Gasteiger partial charge in [-0.1, -0.05) is 32.0 Å². The van der Waals surface area contributed by atoms with Crippen LogP contribution >= 0.6 is 0 Å². The minimum atomic E-state index is -0.914. The average molecular weight is 287 g/mol. The zero-order valence-corrected chi connectivity index (χ0v) is 12.6. The Labute approximate surface area is 124 Å². The van der Waals surface area contributed by atoms with E-state index in [4.69, 9.17) is 4.42 Å². The number of furan rings is 1. The number of carbonyl (C=O) groups excluding carboxylic acids is 1. The van der Waals surface area contributed by atoms with E-state index >= 15 is 0 Å². The van der Waals surface area contributed by atoms with Crippen LogP contribution in [0.4, 0.5) is 0 Å². The first-order valence-electron chi connectivity index (χ1n) is 7.05. The van der Waals surface area contributed by atoms with E-state index in [0.717, 1.165) is 11.0 Å². The summed E-state index contributed by atoms with van der Waals surface area (Å²) in [6.07, 6.45) is 3.04. The summed E-state index contributed by atoms with van der Waals surface area (Å²) in [5.74, 6) is 0.440. The van der Waals surface area contributed by atoms with Crippen LogP contribution in [-0.4, -0.2) is 23.2 Å². The molecule has 2 rings (SSSR count). The van der Waals surface area contributed by atoms with E-state index in [1.54, 1.807) is 13.0 Å². The van der Waals surface area contributed by atoms with Crippen LogP contribution in [0.2, 0.25) is 0 Å². The maximum absolute atomic E-state index is 11.8. The molecule has 0 saturated carbocycles. The molecule has 21 heavy (non-hydrogen) atoms. The Bertz CT molecular complexity index is 620. The molecule has 4 heteroatoms. The number of hydrogen-bond donors (Lipinski definition) is 2. The SMILES string of the molecule is CC(C)C(C)(O)CNC(=O)C=Cc1cc2ccccc2o1. The molecule has 0 saturated heterocycles. The van der Waals surface area contributed by atoms with E-state index in [-0.39, 0.29) is 18.4 Å². The van der Waals surface area contributed by atoms with Crippen molar-refractivity contribution in [2.45, 2.75) is 26.4 Å². The van der Waals surface area contributed by atoms with Crippen LogP contribution in [0.15, 0.2) is 40.8 Å². The van der Waals surface area contributed by atoms with Crippen LogP contribution in [0.3, 0.4) is 0 Å². The zero-order chi connectivity index (χ0) is 15.5. The molecule has 1 aromatic heterocycles. The first-order valence-corrected chi connectivity index (χ1v) is 7.05. The number of rotatable bonds is 5. The smallest absolute Gasteiger partial charge is 0.244 e. The maximum Gasteiger partial charge on any atom is 0.244 e. The summed E-state index contributed by atoms with van der Waals surface area (Å²) >= 11 is 0. The van der Waals surface area contributed by atoms with Gasteiger partial charge in [0.05, 0.1) is 5.60 Å². The number of fused-ring (bicyclic) bond motifs is 1. The molecule has 0 spiro atoms. The van der Waals surface area contributed by atoms with Crippen molar-refractivity contribution in [3.63, 3.8) is 0 Å². The molecule has 0 fully saturated rings. The Hall–Kier alpha value is -2.07. The van der Waals surface area contributed by atoms with Gasteiger partial charge in [0, 0.05) is 18.0 Å². The van der Waals surface area contributed by atoms with E-state index in [1.807, 2.05) is 44.2 Å². The number of para-hydroxylation sites is 1. The lowest BCUT2D eigenvalue weighted by Gasteiger charge is -2.27. The lowest BCUT2D eigenvalue weighted by Crippen LogP contribution is -2.43. The molecule has 0 bridgehead atoms. The summed E-state index contributed by atoms with van der Waals surface area (Å²) in [5.41, 5.74) is -0.122. The van der Waals surface area contributed by atoms with Gasteiger partial charge in [-0.15, -0.1) is 0 Å². The third-order valence-corrected chi connectivity index (χ3v) is 3.71. The summed E-state index contributed by atoms with van der Waals surface area (Å²) in [5, 5.41) is 13.8. The van der Waals surface area contributed by atoms with E-state index in [9.17, 15) is 9.90 Å². The van der Waals surface area contributed by atoms with Crippen molar-refractivity contribution in [2.24, 2.45) is 5.92 Å². The Morgan fingerprint density at radius 2 is 2.14 bits per heavy atom. The molecule has 0 radical (unpaired) electrons. The number of hydrogen-bond acceptors (Lipinski definition) is 3. The second-order valence-corrected chi connectivity index (χ2v) is 5.75. The van der Waals surface area contributed by atoms with E-state index in [0.29, 0.717) is 5.76 Å². The van der Waals surface area contributed by atoms with Gasteiger partial charge in [-0.05, 0) is 31.1 Å². The van der Waals surface area contributed by atoms with Crippen LogP contribution < -0.4 is 5.32 Å². The van der Waals surface area contributed by atoms with E-state index < -0.39 is 5.60 Å². The highest BCUT2D eigenvalue weighted by Gasteiger charge is 2.24. The van der Waals surface area contributed by atoms with Gasteiger partial charge < -0.3 is 14.8 Å². The zero-order valence-electron chi connectivity index (χ0n) is 12.6. The molecular weight excluding hydrogens is 266 g/mol. The summed E-state index contributed by atoms with van der Waals surface area (Å²) in [6.45, 7) is 5.75. The molecule has 1 aromatic carbocycles. The molecule has 1 amide bonds. The number of carbonyl (C=O) groups is 1. The maximum atomic E-state index is 11.8. The molecule has 0 aliphatic rings. The Kier molecular flexibility index (Phi) is 4.48. The monoisotopic (exact) mass is 287 g/mol. The van der Waals surface area contributed by atoms with Crippen LogP contribution in [0.5, 0.6) is 0 Å². The van der Waals surface area contributed by atoms with Crippen molar-refractivity contribution in [2.75, 3.05) is 6.54 Å². The van der Waals surface area contributed by atoms with Gasteiger partial charge in [-0.25, -0.2) is 0 Å². The topological polar surface area (TPSA) is 62.5 Å². The number of nitrogens with one attached hydrogen (secondary N) is 1. The summed E-state index contributed by atoms with van der Waals surface area (Å²) in [6, 6.07) is 9.55. The Morgan fingerprint density at radius 3 is 2.81 bits per heavy atom. The van der Waals surface area contributed by atoms with Crippen molar-refractivity contribution >= 4 is 23.0 Å². The highest BCUT2D eigenvalue weighted by molar-refractivity contribution is 5.92. The van der Waals surface area contributed by atoms with Crippen LogP contribution in [0.1, 0.15) is 26.5 Å². The van der Waals surface area contributed by atoms with Crippen molar-refractivity contribution in [1.29, 1.82) is 0 Å². The van der Waals surface area contributed by atoms with E-state index in [2.05, 4.69) is 5.32 Å². The number of amides is 1. The molecular formula is C17H21NO3. The fourth-order valence-corrected chi connectivity index (χ4v) is 1.77. The average Bonchev–Trinajstić information content (AvgIpc) is 2.85. The standard InChI is InChI=1S/C17H21NO3/c1-12(2)17(3,20)11-18-16(19)9-8-14-10-13-6-4-5-7-15(13)21-14/h4-10,12,20H,11H2,1-3H3,(H,18,19). The minimum absolute atomic E-state index is 0.0668. The number of aliphatic hydroxyl groups is 1. The first kappa shape index (κ1) is 15.3. The third kappa shape index (κ3) is 3.95. The van der Waals surface area contributed by atoms with Crippen molar-refractivity contribution < 1.29 is 14.3 Å². The molecule has 4 nitrogen and oxygen atoms in total. The van der Waals surface area contributed by atoms with Crippen LogP contribution in [0, 0.1) is 5.92 Å². The molecule has 1 atom stereocenters. The predicted octanol–water partition coefficient (Wildman–Crippen LogP) is 2.97. The normalized spacial score (nSPS) is 14.7. The fourth-order valence-electron chi connectivity index (χ4n) is 1.77. The van der Waals surface area contributed by atoms with Gasteiger partial charge in [0.1, 0.15) is 11.3 Å². The minimum Gasteiger partial charge on any atom is -0.457 e. The van der Waals surface area contributed by atoms with Crippen molar-refractivity contribution in [3.8, 4) is 0 Å². The van der Waals surface area contributed by atoms with Gasteiger partial charge in [0.25, 0.3) is 0 Å². The largest absolute Gasteiger partial charge is 0.457 e. The molecule has 1 heterocycles. The van der Waals surface area contributed by atoms with Crippen molar-refractivity contribution in [1.82, 2.24) is 5.32 Å². The third-order valence-electron chi connectivity index (χ3n) is 3.71.